The van der Waals surface area contributed by atoms with Crippen molar-refractivity contribution in [3.63, 3.8) is 0 Å². The summed E-state index contributed by atoms with van der Waals surface area (Å²) < 4.78 is 10.7. The first-order chi connectivity index (χ1) is 13.6. The lowest BCUT2D eigenvalue weighted by atomic mass is 10.2. The number of nitrogens with one attached hydrogen (secondary N) is 2. The van der Waals surface area contributed by atoms with Gasteiger partial charge in [0.15, 0.2) is 17.5 Å². The molecule has 28 heavy (non-hydrogen) atoms. The molecule has 158 valence electrons. The first kappa shape index (κ1) is 22.3. The summed E-state index contributed by atoms with van der Waals surface area (Å²) in [5.41, 5.74) is 1.08. The molecule has 1 aromatic rings. The lowest BCUT2D eigenvalue weighted by Crippen LogP contribution is -2.53. The van der Waals surface area contributed by atoms with E-state index in [-0.39, 0.29) is 0 Å². The first-order valence-electron chi connectivity index (χ1n) is 10.3. The highest BCUT2D eigenvalue weighted by atomic mass is 16.5. The molecule has 1 aliphatic heterocycles. The van der Waals surface area contributed by atoms with Gasteiger partial charge in [-0.2, -0.15) is 0 Å². The lowest BCUT2D eigenvalue weighted by molar-refractivity contribution is 0.107. The minimum absolute atomic E-state index is 0.476. The van der Waals surface area contributed by atoms with Crippen LogP contribution in [0.2, 0.25) is 0 Å². The number of methoxy groups -OCH3 is 2. The van der Waals surface area contributed by atoms with E-state index in [0.29, 0.717) is 12.6 Å². The van der Waals surface area contributed by atoms with E-state index in [1.165, 1.54) is 0 Å². The third-order valence-corrected chi connectivity index (χ3v) is 5.25. The molecule has 7 heteroatoms. The third kappa shape index (κ3) is 6.56. The standard InChI is InChI=1S/C21H37N5O2/c1-6-22-21(23-15-17(3)26-12-10-25(7-2)11-13-26)24-16-18-8-9-19(27-4)20(14-18)28-5/h8-9,14,17H,6-7,10-13,15-16H2,1-5H3,(H2,22,23,24). The number of benzene rings is 1. The van der Waals surface area contributed by atoms with Crippen molar-refractivity contribution in [2.24, 2.45) is 4.99 Å². The van der Waals surface area contributed by atoms with Gasteiger partial charge in [0.25, 0.3) is 0 Å². The molecule has 0 spiro atoms. The Kier molecular flexibility index (Phi) is 9.37. The molecule has 1 atom stereocenters. The molecule has 0 amide bonds. The zero-order valence-electron chi connectivity index (χ0n) is 18.1. The van der Waals surface area contributed by atoms with Gasteiger partial charge in [-0.05, 0) is 38.1 Å². The van der Waals surface area contributed by atoms with Gasteiger partial charge in [0, 0.05) is 45.3 Å². The largest absolute Gasteiger partial charge is 0.493 e. The lowest BCUT2D eigenvalue weighted by Gasteiger charge is -2.37. The Bertz CT molecular complexity index is 615. The molecule has 0 aromatic heterocycles. The van der Waals surface area contributed by atoms with E-state index in [9.17, 15) is 0 Å². The molecule has 0 bridgehead atoms. The normalized spacial score (nSPS) is 17.2. The predicted molar refractivity (Wildman–Crippen MR) is 116 cm³/mol. The van der Waals surface area contributed by atoms with Crippen LogP contribution >= 0.6 is 0 Å². The predicted octanol–water partition coefficient (Wildman–Crippen LogP) is 1.78. The van der Waals surface area contributed by atoms with Crippen LogP contribution in [0.25, 0.3) is 0 Å². The number of hydrogen-bond donors (Lipinski definition) is 2. The highest BCUT2D eigenvalue weighted by Crippen LogP contribution is 2.27. The number of hydrogen-bond acceptors (Lipinski definition) is 5. The van der Waals surface area contributed by atoms with Crippen LogP contribution in [0.4, 0.5) is 0 Å². The van der Waals surface area contributed by atoms with Crippen LogP contribution in [0, 0.1) is 0 Å². The maximum absolute atomic E-state index is 5.38. The van der Waals surface area contributed by atoms with E-state index >= 15 is 0 Å². The number of guanidine groups is 1. The van der Waals surface area contributed by atoms with Crippen molar-refractivity contribution in [2.75, 3.05) is 60.0 Å². The summed E-state index contributed by atoms with van der Waals surface area (Å²) in [6.07, 6.45) is 0. The monoisotopic (exact) mass is 391 g/mol. The van der Waals surface area contributed by atoms with E-state index in [0.717, 1.165) is 68.8 Å². The number of rotatable bonds is 9. The molecule has 7 nitrogen and oxygen atoms in total. The fourth-order valence-electron chi connectivity index (χ4n) is 3.38. The molecular weight excluding hydrogens is 354 g/mol. The second-order valence-corrected chi connectivity index (χ2v) is 7.08. The van der Waals surface area contributed by atoms with Gasteiger partial charge >= 0.3 is 0 Å². The van der Waals surface area contributed by atoms with Gasteiger partial charge in [-0.15, -0.1) is 0 Å². The molecule has 1 unspecified atom stereocenters. The molecule has 0 saturated carbocycles. The summed E-state index contributed by atoms with van der Waals surface area (Å²) in [4.78, 5) is 9.79. The minimum Gasteiger partial charge on any atom is -0.493 e. The fourth-order valence-corrected chi connectivity index (χ4v) is 3.38. The Hall–Kier alpha value is -1.99. The van der Waals surface area contributed by atoms with Crippen LogP contribution in [0.3, 0.4) is 0 Å². The van der Waals surface area contributed by atoms with E-state index in [1.54, 1.807) is 14.2 Å². The second kappa shape index (κ2) is 11.8. The van der Waals surface area contributed by atoms with Crippen molar-refractivity contribution in [1.82, 2.24) is 20.4 Å². The zero-order valence-corrected chi connectivity index (χ0v) is 18.1. The quantitative estimate of drug-likeness (QED) is 0.494. The average molecular weight is 392 g/mol. The van der Waals surface area contributed by atoms with Gasteiger partial charge in [-0.25, -0.2) is 4.99 Å². The van der Waals surface area contributed by atoms with Crippen LogP contribution in [0.15, 0.2) is 23.2 Å². The first-order valence-corrected chi connectivity index (χ1v) is 10.3. The molecular formula is C21H37N5O2. The molecule has 0 aliphatic carbocycles. The Morgan fingerprint density at radius 1 is 1.07 bits per heavy atom. The number of likely N-dealkylation sites (N-methyl/N-ethyl adjacent to an activating group) is 1. The smallest absolute Gasteiger partial charge is 0.191 e. The maximum atomic E-state index is 5.38. The van der Waals surface area contributed by atoms with Crippen molar-refractivity contribution < 1.29 is 9.47 Å². The van der Waals surface area contributed by atoms with Crippen LogP contribution in [-0.4, -0.2) is 81.8 Å². The van der Waals surface area contributed by atoms with E-state index in [1.807, 2.05) is 18.2 Å². The molecule has 1 saturated heterocycles. The number of nitrogens with zero attached hydrogens (tertiary/aromatic N) is 3. The third-order valence-electron chi connectivity index (χ3n) is 5.25. The highest BCUT2D eigenvalue weighted by molar-refractivity contribution is 5.79. The van der Waals surface area contributed by atoms with E-state index in [4.69, 9.17) is 14.5 Å². The highest BCUT2D eigenvalue weighted by Gasteiger charge is 2.20. The molecule has 2 N–H and O–H groups in total. The van der Waals surface area contributed by atoms with Gasteiger partial charge in [0.2, 0.25) is 0 Å². The van der Waals surface area contributed by atoms with Crippen molar-refractivity contribution in [1.29, 1.82) is 0 Å². The van der Waals surface area contributed by atoms with Crippen LogP contribution in [0.5, 0.6) is 11.5 Å². The summed E-state index contributed by atoms with van der Waals surface area (Å²) >= 11 is 0. The van der Waals surface area contributed by atoms with Crippen LogP contribution < -0.4 is 20.1 Å². The van der Waals surface area contributed by atoms with E-state index in [2.05, 4.69) is 41.2 Å². The number of piperazine rings is 1. The Labute approximate surface area is 170 Å². The maximum Gasteiger partial charge on any atom is 0.191 e. The zero-order chi connectivity index (χ0) is 20.4. The van der Waals surface area contributed by atoms with Crippen molar-refractivity contribution in [3.05, 3.63) is 23.8 Å². The van der Waals surface area contributed by atoms with Crippen LogP contribution in [0.1, 0.15) is 26.3 Å². The minimum atomic E-state index is 0.476. The summed E-state index contributed by atoms with van der Waals surface area (Å²) in [6, 6.07) is 6.39. The molecule has 1 heterocycles. The second-order valence-electron chi connectivity index (χ2n) is 7.08. The van der Waals surface area contributed by atoms with Crippen molar-refractivity contribution in [3.8, 4) is 11.5 Å². The summed E-state index contributed by atoms with van der Waals surface area (Å²) in [5, 5.41) is 6.83. The Morgan fingerprint density at radius 2 is 1.79 bits per heavy atom. The Morgan fingerprint density at radius 3 is 2.39 bits per heavy atom. The van der Waals surface area contributed by atoms with Crippen molar-refractivity contribution in [2.45, 2.75) is 33.4 Å². The Balaban J connectivity index is 1.90. The van der Waals surface area contributed by atoms with Gasteiger partial charge in [0.05, 0.1) is 20.8 Å². The van der Waals surface area contributed by atoms with E-state index < -0.39 is 0 Å². The number of ether oxygens (including phenoxy) is 2. The van der Waals surface area contributed by atoms with Gasteiger partial charge in [0.1, 0.15) is 0 Å². The molecule has 1 aromatic carbocycles. The van der Waals surface area contributed by atoms with Gasteiger partial charge in [-0.3, -0.25) is 4.90 Å². The molecule has 1 fully saturated rings. The SMILES string of the molecule is CCNC(=NCc1ccc(OC)c(OC)c1)NCC(C)N1CCN(CC)CC1. The molecule has 2 rings (SSSR count). The summed E-state index contributed by atoms with van der Waals surface area (Å²) in [5.74, 6) is 2.31. The fraction of sp³-hybridized carbons (Fsp3) is 0.667. The summed E-state index contributed by atoms with van der Waals surface area (Å²) in [7, 11) is 3.30. The molecule has 0 radical (unpaired) electrons. The van der Waals surface area contributed by atoms with Gasteiger partial charge in [-0.1, -0.05) is 13.0 Å². The number of aliphatic imine (C=N–C) groups is 1. The van der Waals surface area contributed by atoms with Gasteiger partial charge < -0.3 is 25.0 Å². The summed E-state index contributed by atoms with van der Waals surface area (Å²) in [6.45, 7) is 14.6. The molecule has 1 aliphatic rings. The van der Waals surface area contributed by atoms with Crippen molar-refractivity contribution >= 4 is 5.96 Å². The van der Waals surface area contributed by atoms with Crippen LogP contribution in [-0.2, 0) is 6.54 Å². The topological polar surface area (TPSA) is 61.4 Å². The average Bonchev–Trinajstić information content (AvgIpc) is 2.75.